The number of para-hydroxylation sites is 1. The summed E-state index contributed by atoms with van der Waals surface area (Å²) >= 11 is 0. The van der Waals surface area contributed by atoms with E-state index in [1.54, 1.807) is 4.90 Å². The largest absolute Gasteiger partial charge is 0.356 e. The maximum atomic E-state index is 13.0. The highest BCUT2D eigenvalue weighted by molar-refractivity contribution is 5.94. The van der Waals surface area contributed by atoms with Gasteiger partial charge in [0.05, 0.1) is 25.0 Å². The third-order valence-electron chi connectivity index (χ3n) is 5.37. The average molecular weight is 385 g/mol. The fourth-order valence-corrected chi connectivity index (χ4v) is 3.57. The molecule has 0 saturated carbocycles. The van der Waals surface area contributed by atoms with Crippen LogP contribution in [0, 0.1) is 17.2 Å². The molecule has 2 unspecified atom stereocenters. The Labute approximate surface area is 168 Å². The van der Waals surface area contributed by atoms with E-state index in [0.29, 0.717) is 19.5 Å². The first-order valence-corrected chi connectivity index (χ1v) is 10.3. The van der Waals surface area contributed by atoms with Crippen LogP contribution in [0.25, 0.3) is 0 Å². The van der Waals surface area contributed by atoms with Crippen molar-refractivity contribution in [3.63, 3.8) is 0 Å². The van der Waals surface area contributed by atoms with Crippen molar-refractivity contribution < 1.29 is 9.59 Å². The summed E-state index contributed by atoms with van der Waals surface area (Å²) in [4.78, 5) is 29.3. The van der Waals surface area contributed by atoms with Crippen LogP contribution in [0.4, 0.5) is 5.69 Å². The number of nitriles is 1. The molecule has 1 aromatic carbocycles. The number of anilines is 1. The number of rotatable bonds is 9. The second-order valence-electron chi connectivity index (χ2n) is 7.49. The van der Waals surface area contributed by atoms with Crippen molar-refractivity contribution >= 4 is 17.5 Å². The Morgan fingerprint density at radius 3 is 2.71 bits per heavy atom. The topological polar surface area (TPSA) is 76.4 Å². The van der Waals surface area contributed by atoms with Gasteiger partial charge in [0.2, 0.25) is 11.8 Å². The Kier molecular flexibility index (Phi) is 8.96. The summed E-state index contributed by atoms with van der Waals surface area (Å²) in [6.07, 6.45) is 4.10. The molecule has 1 fully saturated rings. The number of carbonyl (C=O) groups is 2. The van der Waals surface area contributed by atoms with Gasteiger partial charge in [-0.3, -0.25) is 14.5 Å². The van der Waals surface area contributed by atoms with E-state index in [2.05, 4.69) is 30.1 Å². The Hall–Kier alpha value is -2.39. The lowest BCUT2D eigenvalue weighted by molar-refractivity contribution is -0.129. The first-order chi connectivity index (χ1) is 13.6. The van der Waals surface area contributed by atoms with Crippen molar-refractivity contribution in [2.45, 2.75) is 52.0 Å². The zero-order valence-electron chi connectivity index (χ0n) is 17.1. The monoisotopic (exact) mass is 384 g/mol. The van der Waals surface area contributed by atoms with Gasteiger partial charge in [-0.15, -0.1) is 0 Å². The lowest BCUT2D eigenvalue weighted by Crippen LogP contribution is -2.51. The Morgan fingerprint density at radius 2 is 2.04 bits per heavy atom. The van der Waals surface area contributed by atoms with Crippen molar-refractivity contribution in [3.05, 3.63) is 30.3 Å². The second kappa shape index (κ2) is 11.5. The molecule has 6 nitrogen and oxygen atoms in total. The molecule has 2 rings (SSSR count). The van der Waals surface area contributed by atoms with Crippen LogP contribution >= 0.6 is 0 Å². The molecule has 0 aliphatic carbocycles. The predicted molar refractivity (Wildman–Crippen MR) is 111 cm³/mol. The van der Waals surface area contributed by atoms with Crippen LogP contribution in [-0.4, -0.2) is 48.9 Å². The van der Waals surface area contributed by atoms with Gasteiger partial charge in [-0.1, -0.05) is 31.5 Å². The van der Waals surface area contributed by atoms with E-state index in [1.807, 2.05) is 30.3 Å². The highest BCUT2D eigenvalue weighted by Gasteiger charge is 2.31. The summed E-state index contributed by atoms with van der Waals surface area (Å²) < 4.78 is 0. The molecule has 6 heteroatoms. The highest BCUT2D eigenvalue weighted by atomic mass is 16.2. The number of piperidine rings is 1. The zero-order chi connectivity index (χ0) is 20.4. The number of likely N-dealkylation sites (tertiary alicyclic amines) is 1. The van der Waals surface area contributed by atoms with Gasteiger partial charge in [-0.2, -0.15) is 5.26 Å². The van der Waals surface area contributed by atoms with Gasteiger partial charge in [-0.05, 0) is 38.3 Å². The molecule has 1 saturated heterocycles. The molecule has 1 aliphatic rings. The van der Waals surface area contributed by atoms with Gasteiger partial charge in [0.1, 0.15) is 0 Å². The van der Waals surface area contributed by atoms with E-state index < -0.39 is 0 Å². The Balaban J connectivity index is 2.00. The van der Waals surface area contributed by atoms with E-state index in [1.165, 1.54) is 0 Å². The summed E-state index contributed by atoms with van der Waals surface area (Å²) in [5.41, 5.74) is 0.807. The van der Waals surface area contributed by atoms with Crippen LogP contribution in [0.5, 0.6) is 0 Å². The summed E-state index contributed by atoms with van der Waals surface area (Å²) in [7, 11) is 0. The maximum Gasteiger partial charge on any atom is 0.241 e. The number of carbonyl (C=O) groups excluding carboxylic acids is 2. The minimum Gasteiger partial charge on any atom is -0.356 e. The van der Waals surface area contributed by atoms with Crippen LogP contribution in [-0.2, 0) is 9.59 Å². The molecule has 0 radical (unpaired) electrons. The summed E-state index contributed by atoms with van der Waals surface area (Å²) in [5.74, 6) is 0.00711. The molecule has 28 heavy (non-hydrogen) atoms. The van der Waals surface area contributed by atoms with E-state index in [-0.39, 0.29) is 30.3 Å². The number of hydrogen-bond donors (Lipinski definition) is 1. The van der Waals surface area contributed by atoms with E-state index in [0.717, 1.165) is 37.9 Å². The fraction of sp³-hybridized carbons (Fsp3) is 0.591. The minimum atomic E-state index is -0.0647. The minimum absolute atomic E-state index is 0.0275. The van der Waals surface area contributed by atoms with Gasteiger partial charge in [-0.25, -0.2) is 0 Å². The number of amides is 2. The van der Waals surface area contributed by atoms with Gasteiger partial charge in [0, 0.05) is 31.4 Å². The molecule has 1 heterocycles. The number of unbranched alkanes of at least 4 members (excludes halogenated alkanes) is 1. The molecular formula is C22H32N4O2. The van der Waals surface area contributed by atoms with Gasteiger partial charge < -0.3 is 10.2 Å². The molecular weight excluding hydrogens is 352 g/mol. The predicted octanol–water partition coefficient (Wildman–Crippen LogP) is 2.95. The van der Waals surface area contributed by atoms with Crippen molar-refractivity contribution in [3.8, 4) is 6.07 Å². The summed E-state index contributed by atoms with van der Waals surface area (Å²) in [6.45, 7) is 6.18. The second-order valence-corrected chi connectivity index (χ2v) is 7.49. The first-order valence-electron chi connectivity index (χ1n) is 10.3. The smallest absolute Gasteiger partial charge is 0.241 e. The lowest BCUT2D eigenvalue weighted by atomic mass is 9.92. The SMILES string of the molecule is CCCCNC(=O)C1CCC(C)N(CC(=O)N(CCC#N)c2ccccc2)C1. The van der Waals surface area contributed by atoms with Crippen LogP contribution in [0.3, 0.4) is 0 Å². The quantitative estimate of drug-likeness (QED) is 0.664. The van der Waals surface area contributed by atoms with Crippen LogP contribution < -0.4 is 10.2 Å². The van der Waals surface area contributed by atoms with Crippen molar-refractivity contribution in [2.75, 3.05) is 31.1 Å². The number of nitrogens with one attached hydrogen (secondary N) is 1. The van der Waals surface area contributed by atoms with Crippen LogP contribution in [0.2, 0.25) is 0 Å². The molecule has 1 aromatic rings. The van der Waals surface area contributed by atoms with Gasteiger partial charge in [0.15, 0.2) is 0 Å². The number of nitrogens with zero attached hydrogens (tertiary/aromatic N) is 3. The third kappa shape index (κ3) is 6.35. The van der Waals surface area contributed by atoms with E-state index in [9.17, 15) is 9.59 Å². The van der Waals surface area contributed by atoms with Crippen LogP contribution in [0.1, 0.15) is 46.0 Å². The number of benzene rings is 1. The zero-order valence-corrected chi connectivity index (χ0v) is 17.1. The lowest BCUT2D eigenvalue weighted by Gasteiger charge is -2.38. The average Bonchev–Trinajstić information content (AvgIpc) is 2.71. The summed E-state index contributed by atoms with van der Waals surface area (Å²) in [6, 6.07) is 11.8. The van der Waals surface area contributed by atoms with Crippen molar-refractivity contribution in [1.29, 1.82) is 5.26 Å². The molecule has 152 valence electrons. The molecule has 2 atom stereocenters. The molecule has 1 aliphatic heterocycles. The van der Waals surface area contributed by atoms with E-state index in [4.69, 9.17) is 5.26 Å². The molecule has 2 amide bonds. The highest BCUT2D eigenvalue weighted by Crippen LogP contribution is 2.23. The van der Waals surface area contributed by atoms with Gasteiger partial charge in [0.25, 0.3) is 0 Å². The first kappa shape index (κ1) is 21.9. The van der Waals surface area contributed by atoms with Crippen molar-refractivity contribution in [2.24, 2.45) is 5.92 Å². The third-order valence-corrected chi connectivity index (χ3v) is 5.37. The normalized spacial score (nSPS) is 19.6. The Bertz CT molecular complexity index is 671. The van der Waals surface area contributed by atoms with Gasteiger partial charge >= 0.3 is 0 Å². The standard InChI is InChI=1S/C22H32N4O2/c1-3-4-14-24-22(28)19-12-11-18(2)25(16-19)17-21(27)26(15-8-13-23)20-9-6-5-7-10-20/h5-7,9-10,18-19H,3-4,8,11-12,14-17H2,1-2H3,(H,24,28). The van der Waals surface area contributed by atoms with E-state index >= 15 is 0 Å². The molecule has 0 spiro atoms. The molecule has 1 N–H and O–H groups in total. The van der Waals surface area contributed by atoms with Crippen LogP contribution in [0.15, 0.2) is 30.3 Å². The fourth-order valence-electron chi connectivity index (χ4n) is 3.57. The van der Waals surface area contributed by atoms with Crippen molar-refractivity contribution in [1.82, 2.24) is 10.2 Å². The summed E-state index contributed by atoms with van der Waals surface area (Å²) in [5, 5.41) is 12.0. The Morgan fingerprint density at radius 1 is 1.29 bits per heavy atom. The molecule has 0 aromatic heterocycles. The number of hydrogen-bond acceptors (Lipinski definition) is 4. The molecule has 0 bridgehead atoms. The maximum absolute atomic E-state index is 13.0.